The summed E-state index contributed by atoms with van der Waals surface area (Å²) < 4.78 is 2.41. The number of aromatic nitrogens is 1. The van der Waals surface area contributed by atoms with Gasteiger partial charge in [-0.05, 0) is 126 Å². The maximum absolute atomic E-state index is 2.46. The van der Waals surface area contributed by atoms with Crippen molar-refractivity contribution in [1.29, 1.82) is 0 Å². The first kappa shape index (κ1) is 34.8. The molecule has 0 aliphatic heterocycles. The summed E-state index contributed by atoms with van der Waals surface area (Å²) in [5.74, 6) is 0. The van der Waals surface area contributed by atoms with Gasteiger partial charge in [-0.1, -0.05) is 161 Å². The molecular formula is C58H44N2. The number of anilines is 3. The molecule has 2 nitrogen and oxygen atoms in total. The summed E-state index contributed by atoms with van der Waals surface area (Å²) >= 11 is 0. The lowest BCUT2D eigenvalue weighted by molar-refractivity contribution is 0.659. The first-order valence-corrected chi connectivity index (χ1v) is 21.2. The highest BCUT2D eigenvalue weighted by molar-refractivity contribution is 6.24. The average Bonchev–Trinajstić information content (AvgIpc) is 3.91. The normalized spacial score (nSPS) is 14.3. The van der Waals surface area contributed by atoms with Crippen molar-refractivity contribution < 1.29 is 0 Å². The van der Waals surface area contributed by atoms with Crippen LogP contribution >= 0.6 is 0 Å². The molecule has 12 rings (SSSR count). The van der Waals surface area contributed by atoms with E-state index in [1.807, 2.05) is 0 Å². The number of rotatable bonds is 5. The standard InChI is InChI=1S/C58H44N2/c1-57(2)52-21-13-12-19-46(52)47-30-27-41(35-54(47)57)60(39-24-22-38(23-25-39)37-14-6-5-7-15-37)42-28-31-49-48-29-26-40(34-53(48)58(3,4)55(49)36-42)59-33-32-51-45-18-9-8-16-43(45)44-17-10-11-20-50(44)56(51)59/h5-36H,1-4H3. The van der Waals surface area contributed by atoms with Gasteiger partial charge in [-0.3, -0.25) is 0 Å². The summed E-state index contributed by atoms with van der Waals surface area (Å²) in [4.78, 5) is 2.46. The summed E-state index contributed by atoms with van der Waals surface area (Å²) in [7, 11) is 0. The number of benzene rings is 9. The Morgan fingerprint density at radius 3 is 1.45 bits per heavy atom. The van der Waals surface area contributed by atoms with Gasteiger partial charge in [0.1, 0.15) is 0 Å². The Labute approximate surface area is 351 Å². The maximum atomic E-state index is 2.46. The van der Waals surface area contributed by atoms with Crippen molar-refractivity contribution in [3.05, 3.63) is 217 Å². The summed E-state index contributed by atoms with van der Waals surface area (Å²) in [6.45, 7) is 9.53. The van der Waals surface area contributed by atoms with E-state index in [0.717, 1.165) is 17.1 Å². The minimum atomic E-state index is -0.223. The SMILES string of the molecule is CC1(C)c2ccccc2-c2ccc(N(c3ccc(-c4ccccc4)cc3)c3ccc4c(c3)C(C)(C)c3cc(-n5ccc6c7ccccc7c7ccccc7c65)ccc3-4)cc21. The minimum Gasteiger partial charge on any atom is -0.316 e. The number of nitrogens with zero attached hydrogens (tertiary/aromatic N) is 2. The summed E-state index contributed by atoms with van der Waals surface area (Å²) in [6.07, 6.45) is 2.26. The third kappa shape index (κ3) is 4.94. The first-order chi connectivity index (χ1) is 29.3. The van der Waals surface area contributed by atoms with Crippen molar-refractivity contribution in [3.63, 3.8) is 0 Å². The molecule has 2 aliphatic carbocycles. The Kier molecular flexibility index (Phi) is 7.36. The van der Waals surface area contributed by atoms with E-state index in [4.69, 9.17) is 0 Å². The fourth-order valence-electron chi connectivity index (χ4n) is 10.7. The monoisotopic (exact) mass is 768 g/mol. The van der Waals surface area contributed by atoms with Crippen LogP contribution in [0.4, 0.5) is 17.1 Å². The summed E-state index contributed by atoms with van der Waals surface area (Å²) in [5.41, 5.74) is 18.8. The van der Waals surface area contributed by atoms with Gasteiger partial charge in [-0.15, -0.1) is 0 Å². The largest absolute Gasteiger partial charge is 0.316 e. The van der Waals surface area contributed by atoms with Crippen LogP contribution in [-0.4, -0.2) is 4.57 Å². The van der Waals surface area contributed by atoms with Gasteiger partial charge < -0.3 is 9.47 Å². The molecule has 9 aromatic carbocycles. The molecule has 0 radical (unpaired) electrons. The van der Waals surface area contributed by atoms with Crippen LogP contribution in [0, 0.1) is 0 Å². The average molecular weight is 769 g/mol. The van der Waals surface area contributed by atoms with E-state index in [1.165, 1.54) is 93.8 Å². The van der Waals surface area contributed by atoms with Crippen LogP contribution < -0.4 is 4.90 Å². The van der Waals surface area contributed by atoms with Gasteiger partial charge in [0.25, 0.3) is 0 Å². The predicted octanol–water partition coefficient (Wildman–Crippen LogP) is 15.7. The second kappa shape index (κ2) is 12.7. The topological polar surface area (TPSA) is 8.17 Å². The number of hydrogen-bond acceptors (Lipinski definition) is 1. The van der Waals surface area contributed by atoms with Crippen LogP contribution in [0.3, 0.4) is 0 Å². The van der Waals surface area contributed by atoms with Crippen LogP contribution in [-0.2, 0) is 10.8 Å². The van der Waals surface area contributed by atoms with Gasteiger partial charge in [-0.2, -0.15) is 0 Å². The van der Waals surface area contributed by atoms with Gasteiger partial charge >= 0.3 is 0 Å². The van der Waals surface area contributed by atoms with Crippen LogP contribution in [0.5, 0.6) is 0 Å². The zero-order chi connectivity index (χ0) is 40.3. The Morgan fingerprint density at radius 2 is 0.800 bits per heavy atom. The van der Waals surface area contributed by atoms with Gasteiger partial charge in [0.05, 0.1) is 5.52 Å². The first-order valence-electron chi connectivity index (χ1n) is 21.2. The molecule has 1 heterocycles. The molecule has 60 heavy (non-hydrogen) atoms. The Hall–Kier alpha value is -7.16. The molecule has 0 atom stereocenters. The van der Waals surface area contributed by atoms with E-state index in [2.05, 4.69) is 231 Å². The zero-order valence-electron chi connectivity index (χ0n) is 34.4. The zero-order valence-corrected chi connectivity index (χ0v) is 34.4. The smallest absolute Gasteiger partial charge is 0.0613 e. The Morgan fingerprint density at radius 1 is 0.350 bits per heavy atom. The van der Waals surface area contributed by atoms with E-state index in [0.29, 0.717) is 0 Å². The molecule has 0 bridgehead atoms. The molecule has 10 aromatic rings. The Bertz CT molecular complexity index is 3360. The molecule has 0 spiro atoms. The third-order valence-corrected chi connectivity index (χ3v) is 13.8. The maximum Gasteiger partial charge on any atom is 0.0613 e. The van der Waals surface area contributed by atoms with E-state index < -0.39 is 0 Å². The molecule has 0 saturated carbocycles. The minimum absolute atomic E-state index is 0.103. The predicted molar refractivity (Wildman–Crippen MR) is 254 cm³/mol. The molecule has 1 aromatic heterocycles. The fourth-order valence-corrected chi connectivity index (χ4v) is 10.7. The Balaban J connectivity index is 0.987. The molecule has 0 saturated heterocycles. The van der Waals surface area contributed by atoms with Crippen molar-refractivity contribution in [3.8, 4) is 39.1 Å². The lowest BCUT2D eigenvalue weighted by Gasteiger charge is -2.30. The summed E-state index contributed by atoms with van der Waals surface area (Å²) in [6, 6.07) is 70.0. The summed E-state index contributed by atoms with van der Waals surface area (Å²) in [5, 5.41) is 6.45. The van der Waals surface area contributed by atoms with Crippen LogP contribution in [0.25, 0.3) is 71.5 Å². The molecule has 0 unspecified atom stereocenters. The highest BCUT2D eigenvalue weighted by Gasteiger charge is 2.38. The van der Waals surface area contributed by atoms with E-state index in [1.54, 1.807) is 0 Å². The second-order valence-electron chi connectivity index (χ2n) is 17.8. The van der Waals surface area contributed by atoms with Gasteiger partial charge in [0, 0.05) is 50.5 Å². The van der Waals surface area contributed by atoms with Gasteiger partial charge in [0.2, 0.25) is 0 Å². The van der Waals surface area contributed by atoms with Gasteiger partial charge in [0.15, 0.2) is 0 Å². The number of fused-ring (bicyclic) bond motifs is 12. The highest BCUT2D eigenvalue weighted by atomic mass is 15.1. The van der Waals surface area contributed by atoms with E-state index >= 15 is 0 Å². The van der Waals surface area contributed by atoms with Crippen molar-refractivity contribution in [2.24, 2.45) is 0 Å². The second-order valence-corrected chi connectivity index (χ2v) is 17.8. The number of hydrogen-bond donors (Lipinski definition) is 0. The van der Waals surface area contributed by atoms with Crippen LogP contribution in [0.1, 0.15) is 49.9 Å². The quantitative estimate of drug-likeness (QED) is 0.158. The van der Waals surface area contributed by atoms with E-state index in [9.17, 15) is 0 Å². The molecular weight excluding hydrogens is 725 g/mol. The molecule has 0 N–H and O–H groups in total. The van der Waals surface area contributed by atoms with Crippen molar-refractivity contribution >= 4 is 49.5 Å². The lowest BCUT2D eigenvalue weighted by atomic mass is 9.82. The van der Waals surface area contributed by atoms with Crippen LogP contribution in [0.15, 0.2) is 194 Å². The fraction of sp³-hybridized carbons (Fsp3) is 0.103. The van der Waals surface area contributed by atoms with Gasteiger partial charge in [-0.25, -0.2) is 0 Å². The highest BCUT2D eigenvalue weighted by Crippen LogP contribution is 2.53. The molecule has 2 aliphatic rings. The molecule has 2 heteroatoms. The lowest BCUT2D eigenvalue weighted by Crippen LogP contribution is -2.18. The van der Waals surface area contributed by atoms with Crippen molar-refractivity contribution in [2.75, 3.05) is 4.90 Å². The van der Waals surface area contributed by atoms with Crippen molar-refractivity contribution in [1.82, 2.24) is 4.57 Å². The van der Waals surface area contributed by atoms with Crippen LogP contribution in [0.2, 0.25) is 0 Å². The third-order valence-electron chi connectivity index (χ3n) is 13.8. The molecule has 286 valence electrons. The van der Waals surface area contributed by atoms with Crippen molar-refractivity contribution in [2.45, 2.75) is 38.5 Å². The van der Waals surface area contributed by atoms with E-state index in [-0.39, 0.29) is 10.8 Å². The molecule has 0 amide bonds. The molecule has 0 fully saturated rings.